The van der Waals surface area contributed by atoms with E-state index in [1.807, 2.05) is 0 Å². The molecule has 0 heterocycles. The molecule has 1 fully saturated rings. The fraction of sp³-hybridized carbons (Fsp3) is 0.500. The Labute approximate surface area is 134 Å². The minimum absolute atomic E-state index is 0.0944. The second kappa shape index (κ2) is 6.91. The average Bonchev–Trinajstić information content (AvgIpc) is 2.42. The number of carbonyl (C=O) groups is 1. The fourth-order valence-corrected chi connectivity index (χ4v) is 3.76. The van der Waals surface area contributed by atoms with Crippen LogP contribution in [0.5, 0.6) is 5.75 Å². The molecule has 6 heteroatoms. The Hall–Kier alpha value is -0.590. The van der Waals surface area contributed by atoms with Crippen molar-refractivity contribution in [2.24, 2.45) is 0 Å². The minimum atomic E-state index is -0.963. The van der Waals surface area contributed by atoms with Crippen LogP contribution in [0.3, 0.4) is 0 Å². The molecule has 0 aromatic heterocycles. The van der Waals surface area contributed by atoms with Gasteiger partial charge in [0.25, 0.3) is 0 Å². The number of hydrogen-bond acceptors (Lipinski definition) is 3. The Morgan fingerprint density at radius 1 is 1.25 bits per heavy atom. The lowest BCUT2D eigenvalue weighted by molar-refractivity contribution is 0.0205. The highest BCUT2D eigenvalue weighted by Crippen LogP contribution is 2.37. The molecule has 110 valence electrons. The van der Waals surface area contributed by atoms with Gasteiger partial charge in [-0.25, -0.2) is 4.79 Å². The van der Waals surface area contributed by atoms with Gasteiger partial charge in [0.2, 0.25) is 0 Å². The van der Waals surface area contributed by atoms with Gasteiger partial charge < -0.3 is 14.6 Å². The molecule has 2 atom stereocenters. The minimum Gasteiger partial charge on any atom is -0.488 e. The van der Waals surface area contributed by atoms with Crippen LogP contribution in [-0.2, 0) is 4.74 Å². The van der Waals surface area contributed by atoms with Crippen LogP contribution in [0.2, 0.25) is 0 Å². The Morgan fingerprint density at radius 3 is 2.40 bits per heavy atom. The summed E-state index contributed by atoms with van der Waals surface area (Å²) in [5, 5.41) is 9.01. The first kappa shape index (κ1) is 15.8. The maximum absolute atomic E-state index is 11.0. The van der Waals surface area contributed by atoms with E-state index in [1.165, 1.54) is 0 Å². The summed E-state index contributed by atoms with van der Waals surface area (Å²) >= 11 is 6.75. The summed E-state index contributed by atoms with van der Waals surface area (Å²) in [5.74, 6) is -0.313. The lowest BCUT2D eigenvalue weighted by Crippen LogP contribution is -2.29. The number of halogens is 2. The second-order valence-electron chi connectivity index (χ2n) is 4.84. The predicted molar refractivity (Wildman–Crippen MR) is 82.5 cm³/mol. The molecule has 4 nitrogen and oxygen atoms in total. The van der Waals surface area contributed by atoms with Crippen LogP contribution in [0.4, 0.5) is 0 Å². The number of ether oxygens (including phenoxy) is 2. The Balaban J connectivity index is 2.15. The van der Waals surface area contributed by atoms with Crippen molar-refractivity contribution in [3.8, 4) is 5.75 Å². The van der Waals surface area contributed by atoms with E-state index >= 15 is 0 Å². The molecular formula is C14H16Br2O4. The highest BCUT2D eigenvalue weighted by atomic mass is 79.9. The number of methoxy groups -OCH3 is 1. The van der Waals surface area contributed by atoms with Gasteiger partial charge in [-0.2, -0.15) is 0 Å². The normalized spacial score (nSPS) is 22.6. The molecular weight excluding hydrogens is 392 g/mol. The van der Waals surface area contributed by atoms with Crippen molar-refractivity contribution < 1.29 is 19.4 Å². The summed E-state index contributed by atoms with van der Waals surface area (Å²) in [6, 6.07) is 3.11. The lowest BCUT2D eigenvalue weighted by atomic mass is 9.95. The zero-order valence-electron chi connectivity index (χ0n) is 11.1. The van der Waals surface area contributed by atoms with Crippen LogP contribution >= 0.6 is 31.9 Å². The van der Waals surface area contributed by atoms with Gasteiger partial charge in [0.1, 0.15) is 11.9 Å². The van der Waals surface area contributed by atoms with Crippen molar-refractivity contribution in [3.05, 3.63) is 26.6 Å². The third-order valence-electron chi connectivity index (χ3n) is 3.44. The number of hydrogen-bond donors (Lipinski definition) is 1. The zero-order chi connectivity index (χ0) is 14.7. The summed E-state index contributed by atoms with van der Waals surface area (Å²) < 4.78 is 12.7. The van der Waals surface area contributed by atoms with Crippen molar-refractivity contribution in [2.45, 2.75) is 37.9 Å². The van der Waals surface area contributed by atoms with Crippen molar-refractivity contribution in [1.29, 1.82) is 0 Å². The van der Waals surface area contributed by atoms with Crippen LogP contribution in [0.1, 0.15) is 36.0 Å². The number of carboxylic acids is 1. The van der Waals surface area contributed by atoms with E-state index < -0.39 is 5.97 Å². The van der Waals surface area contributed by atoms with Crippen molar-refractivity contribution in [3.63, 3.8) is 0 Å². The molecule has 1 saturated carbocycles. The van der Waals surface area contributed by atoms with E-state index in [1.54, 1.807) is 19.2 Å². The Bertz CT molecular complexity index is 481. The SMILES string of the molecule is COC1CCCC(Oc2c(Br)cc(C(=O)O)cc2Br)C1. The molecule has 1 aromatic carbocycles. The number of aromatic carboxylic acids is 1. The molecule has 2 unspecified atom stereocenters. The topological polar surface area (TPSA) is 55.8 Å². The second-order valence-corrected chi connectivity index (χ2v) is 6.55. The zero-order valence-corrected chi connectivity index (χ0v) is 14.2. The maximum Gasteiger partial charge on any atom is 0.335 e. The van der Waals surface area contributed by atoms with E-state index in [4.69, 9.17) is 14.6 Å². The molecule has 1 N–H and O–H groups in total. The monoisotopic (exact) mass is 406 g/mol. The third kappa shape index (κ3) is 3.74. The first-order valence-electron chi connectivity index (χ1n) is 6.43. The van der Waals surface area contributed by atoms with E-state index in [0.29, 0.717) is 14.7 Å². The third-order valence-corrected chi connectivity index (χ3v) is 4.62. The summed E-state index contributed by atoms with van der Waals surface area (Å²) in [6.45, 7) is 0. The van der Waals surface area contributed by atoms with E-state index in [0.717, 1.165) is 25.7 Å². The maximum atomic E-state index is 11.0. The van der Waals surface area contributed by atoms with Crippen LogP contribution in [-0.4, -0.2) is 30.4 Å². The molecule has 1 aliphatic rings. The first-order valence-corrected chi connectivity index (χ1v) is 8.01. The van der Waals surface area contributed by atoms with E-state index in [9.17, 15) is 4.79 Å². The summed E-state index contributed by atoms with van der Waals surface area (Å²) in [4.78, 5) is 11.0. The van der Waals surface area contributed by atoms with Gasteiger partial charge in [-0.1, -0.05) is 0 Å². The van der Waals surface area contributed by atoms with Crippen LogP contribution in [0.15, 0.2) is 21.1 Å². The molecule has 1 aliphatic carbocycles. The molecule has 2 rings (SSSR count). The van der Waals surface area contributed by atoms with Crippen LogP contribution < -0.4 is 4.74 Å². The van der Waals surface area contributed by atoms with Gasteiger partial charge in [-0.3, -0.25) is 0 Å². The van der Waals surface area contributed by atoms with Gasteiger partial charge in [-0.05, 0) is 63.3 Å². The number of benzene rings is 1. The molecule has 0 aliphatic heterocycles. The number of carboxylic acid groups (broad SMARTS) is 1. The smallest absolute Gasteiger partial charge is 0.335 e. The molecule has 0 amide bonds. The summed E-state index contributed by atoms with van der Waals surface area (Å²) in [6.07, 6.45) is 4.32. The van der Waals surface area contributed by atoms with Crippen molar-refractivity contribution >= 4 is 37.8 Å². The summed E-state index contributed by atoms with van der Waals surface area (Å²) in [7, 11) is 1.72. The lowest BCUT2D eigenvalue weighted by Gasteiger charge is -2.29. The first-order chi connectivity index (χ1) is 9.51. The number of rotatable bonds is 4. The fourth-order valence-electron chi connectivity index (χ4n) is 2.39. The Morgan fingerprint density at radius 2 is 1.85 bits per heavy atom. The predicted octanol–water partition coefficient (Wildman–Crippen LogP) is 4.25. The van der Waals surface area contributed by atoms with Crippen molar-refractivity contribution in [1.82, 2.24) is 0 Å². The standard InChI is InChI=1S/C14H16Br2O4/c1-19-9-3-2-4-10(7-9)20-13-11(15)5-8(14(17)18)6-12(13)16/h5-6,9-10H,2-4,7H2,1H3,(H,17,18). The highest BCUT2D eigenvalue weighted by molar-refractivity contribution is 9.11. The molecule has 20 heavy (non-hydrogen) atoms. The van der Waals surface area contributed by atoms with E-state index in [-0.39, 0.29) is 17.8 Å². The molecule has 0 bridgehead atoms. The van der Waals surface area contributed by atoms with Gasteiger partial charge in [0.05, 0.1) is 20.6 Å². The highest BCUT2D eigenvalue weighted by Gasteiger charge is 2.24. The van der Waals surface area contributed by atoms with Gasteiger partial charge in [-0.15, -0.1) is 0 Å². The molecule has 0 saturated heterocycles. The Kier molecular flexibility index (Phi) is 5.46. The van der Waals surface area contributed by atoms with Crippen LogP contribution in [0.25, 0.3) is 0 Å². The molecule has 0 spiro atoms. The van der Waals surface area contributed by atoms with E-state index in [2.05, 4.69) is 31.9 Å². The molecule has 0 radical (unpaired) electrons. The quantitative estimate of drug-likeness (QED) is 0.810. The van der Waals surface area contributed by atoms with Crippen LogP contribution in [0, 0.1) is 0 Å². The largest absolute Gasteiger partial charge is 0.488 e. The van der Waals surface area contributed by atoms with Crippen molar-refractivity contribution in [2.75, 3.05) is 7.11 Å². The van der Waals surface area contributed by atoms with Gasteiger partial charge >= 0.3 is 5.97 Å². The molecule has 1 aromatic rings. The average molecular weight is 408 g/mol. The summed E-state index contributed by atoms with van der Waals surface area (Å²) in [5.41, 5.74) is 0.217. The van der Waals surface area contributed by atoms with Gasteiger partial charge in [0.15, 0.2) is 0 Å². The van der Waals surface area contributed by atoms with Gasteiger partial charge in [0, 0.05) is 13.5 Å².